The number of benzene rings is 2. The summed E-state index contributed by atoms with van der Waals surface area (Å²) in [7, 11) is 0. The summed E-state index contributed by atoms with van der Waals surface area (Å²) in [6, 6.07) is 17.3. The fraction of sp³-hybridized carbons (Fsp3) is 0.286. The van der Waals surface area contributed by atoms with Crippen LogP contribution in [0.3, 0.4) is 0 Å². The van der Waals surface area contributed by atoms with Gasteiger partial charge < -0.3 is 9.64 Å². The Hall–Kier alpha value is -3.21. The number of thiazole rings is 1. The number of carbonyl (C=O) groups is 2. The van der Waals surface area contributed by atoms with Crippen molar-refractivity contribution in [2.24, 2.45) is 0 Å². The number of ether oxygens (including phenoxy) is 1. The van der Waals surface area contributed by atoms with Gasteiger partial charge in [-0.1, -0.05) is 54.7 Å². The van der Waals surface area contributed by atoms with Gasteiger partial charge in [-0.05, 0) is 61.2 Å². The molecule has 0 bridgehead atoms. The number of aromatic nitrogens is 1. The summed E-state index contributed by atoms with van der Waals surface area (Å²) in [5, 5.41) is 0. The highest BCUT2D eigenvalue weighted by Gasteiger charge is 2.42. The highest BCUT2D eigenvalue weighted by molar-refractivity contribution is 8.30. The molecule has 6 rings (SSSR count). The zero-order valence-electron chi connectivity index (χ0n) is 20.7. The third-order valence-electron chi connectivity index (χ3n) is 7.39. The fourth-order valence-corrected chi connectivity index (χ4v) is 8.38. The first-order valence-corrected chi connectivity index (χ1v) is 14.6. The van der Waals surface area contributed by atoms with Crippen LogP contribution in [0.5, 0.6) is 0 Å². The van der Waals surface area contributed by atoms with Crippen LogP contribution in [0.4, 0.5) is 11.4 Å². The molecule has 1 aliphatic carbocycles. The molecule has 1 saturated carbocycles. The predicted octanol–water partition coefficient (Wildman–Crippen LogP) is 3.65. The van der Waals surface area contributed by atoms with Gasteiger partial charge in [-0.2, -0.15) is 0 Å². The Bertz CT molecular complexity index is 1630. The summed E-state index contributed by atoms with van der Waals surface area (Å²) in [5.74, 6) is 0.222. The number of amides is 1. The molecular weight excluding hydrogens is 539 g/mol. The zero-order chi connectivity index (χ0) is 26.4. The van der Waals surface area contributed by atoms with E-state index in [4.69, 9.17) is 17.0 Å². The van der Waals surface area contributed by atoms with Gasteiger partial charge in [-0.3, -0.25) is 23.9 Å². The van der Waals surface area contributed by atoms with E-state index in [0.29, 0.717) is 43.4 Å². The van der Waals surface area contributed by atoms with Crippen LogP contribution in [0, 0.1) is 0 Å². The van der Waals surface area contributed by atoms with E-state index in [0.717, 1.165) is 18.4 Å². The number of para-hydroxylation sites is 1. The van der Waals surface area contributed by atoms with Gasteiger partial charge in [0, 0.05) is 29.9 Å². The van der Waals surface area contributed by atoms with E-state index < -0.39 is 0 Å². The van der Waals surface area contributed by atoms with Crippen molar-refractivity contribution in [2.75, 3.05) is 11.4 Å². The maximum Gasteiger partial charge on any atom is 0.294 e. The van der Waals surface area contributed by atoms with E-state index in [2.05, 4.69) is 41.3 Å². The molecule has 3 heterocycles. The van der Waals surface area contributed by atoms with E-state index in [-0.39, 0.29) is 18.2 Å². The first kappa shape index (κ1) is 25.1. The van der Waals surface area contributed by atoms with Gasteiger partial charge in [0.2, 0.25) is 0 Å². The quantitative estimate of drug-likeness (QED) is 0.335. The second-order valence-corrected chi connectivity index (χ2v) is 12.1. The molecule has 7 nitrogen and oxygen atoms in total. The van der Waals surface area contributed by atoms with E-state index in [1.165, 1.54) is 55.9 Å². The van der Waals surface area contributed by atoms with Gasteiger partial charge in [0.05, 0.1) is 4.53 Å². The van der Waals surface area contributed by atoms with Crippen LogP contribution in [-0.2, 0) is 21.1 Å². The fourth-order valence-electron chi connectivity index (χ4n) is 5.75. The highest BCUT2D eigenvalue weighted by Crippen LogP contribution is 2.52. The molecule has 2 unspecified atom stereocenters. The molecular formula is C28H25N3O4S3. The molecule has 0 spiro atoms. The Labute approximate surface area is 233 Å². The van der Waals surface area contributed by atoms with E-state index in [1.807, 2.05) is 25.1 Å². The van der Waals surface area contributed by atoms with E-state index >= 15 is 0 Å². The third-order valence-corrected chi connectivity index (χ3v) is 10.1. The number of thioether (sulfide) groups is 1. The first-order chi connectivity index (χ1) is 18.5. The summed E-state index contributed by atoms with van der Waals surface area (Å²) < 4.78 is 7.64. The predicted molar refractivity (Wildman–Crippen MR) is 155 cm³/mol. The highest BCUT2D eigenvalue weighted by atomic mass is 32.2. The Kier molecular flexibility index (Phi) is 6.71. The van der Waals surface area contributed by atoms with Crippen molar-refractivity contribution >= 4 is 74.4 Å². The van der Waals surface area contributed by atoms with Crippen molar-refractivity contribution in [3.05, 3.63) is 79.2 Å². The lowest BCUT2D eigenvalue weighted by molar-refractivity contribution is -0.132. The van der Waals surface area contributed by atoms with Crippen molar-refractivity contribution in [2.45, 2.75) is 44.9 Å². The molecule has 3 aromatic rings. The third kappa shape index (κ3) is 4.11. The molecule has 0 radical (unpaired) electrons. The Morgan fingerprint density at radius 3 is 2.68 bits per heavy atom. The SMILES string of the molecule is CCN1C(=O)C(=c2sc(=Cc3ccc4c(c3)C3CCCC3N4c3ccccc3)c(=O)n2COC=O)SC1=S. The van der Waals surface area contributed by atoms with Gasteiger partial charge in [-0.15, -0.1) is 11.3 Å². The maximum atomic E-state index is 13.4. The zero-order valence-corrected chi connectivity index (χ0v) is 23.1. The molecule has 1 amide bonds. The Morgan fingerprint density at radius 1 is 1.13 bits per heavy atom. The largest absolute Gasteiger partial charge is 0.446 e. The summed E-state index contributed by atoms with van der Waals surface area (Å²) in [6.07, 6.45) is 5.37. The molecule has 10 heteroatoms. The second kappa shape index (κ2) is 10.2. The van der Waals surface area contributed by atoms with Crippen LogP contribution < -0.4 is 19.7 Å². The van der Waals surface area contributed by atoms with Crippen molar-refractivity contribution in [1.82, 2.24) is 9.47 Å². The van der Waals surface area contributed by atoms with Crippen LogP contribution in [-0.4, -0.2) is 38.8 Å². The monoisotopic (exact) mass is 563 g/mol. The molecule has 1 saturated heterocycles. The summed E-state index contributed by atoms with van der Waals surface area (Å²) in [6.45, 7) is 2.33. The van der Waals surface area contributed by atoms with Crippen molar-refractivity contribution in [1.29, 1.82) is 0 Å². The molecule has 38 heavy (non-hydrogen) atoms. The van der Waals surface area contributed by atoms with Crippen LogP contribution in [0.2, 0.25) is 0 Å². The maximum absolute atomic E-state index is 13.4. The first-order valence-electron chi connectivity index (χ1n) is 12.5. The van der Waals surface area contributed by atoms with Crippen LogP contribution in [0.25, 0.3) is 11.0 Å². The average molecular weight is 564 g/mol. The molecule has 194 valence electrons. The van der Waals surface area contributed by atoms with Crippen LogP contribution in [0.15, 0.2) is 53.3 Å². The number of nitrogens with zero attached hydrogens (tertiary/aromatic N) is 3. The number of carbonyl (C=O) groups excluding carboxylic acids is 2. The van der Waals surface area contributed by atoms with Gasteiger partial charge in [-0.25, -0.2) is 0 Å². The van der Waals surface area contributed by atoms with Crippen LogP contribution >= 0.6 is 35.3 Å². The smallest absolute Gasteiger partial charge is 0.294 e. The van der Waals surface area contributed by atoms with Gasteiger partial charge >= 0.3 is 0 Å². The number of rotatable bonds is 6. The molecule has 2 fully saturated rings. The number of thiocarbonyl (C=S) groups is 1. The van der Waals surface area contributed by atoms with Gasteiger partial charge in [0.1, 0.15) is 13.9 Å². The summed E-state index contributed by atoms with van der Waals surface area (Å²) >= 11 is 7.75. The number of hydrogen-bond acceptors (Lipinski definition) is 8. The van der Waals surface area contributed by atoms with Crippen LogP contribution in [0.1, 0.15) is 43.2 Å². The Morgan fingerprint density at radius 2 is 1.95 bits per heavy atom. The number of fused-ring (bicyclic) bond motifs is 3. The molecule has 2 atom stereocenters. The number of anilines is 2. The van der Waals surface area contributed by atoms with Crippen molar-refractivity contribution < 1.29 is 14.3 Å². The van der Waals surface area contributed by atoms with Gasteiger partial charge in [0.25, 0.3) is 17.9 Å². The molecule has 0 N–H and O–H groups in total. The van der Waals surface area contributed by atoms with E-state index in [9.17, 15) is 14.4 Å². The van der Waals surface area contributed by atoms with E-state index in [1.54, 1.807) is 0 Å². The molecule has 3 aliphatic rings. The average Bonchev–Trinajstić information content (AvgIpc) is 3.66. The minimum absolute atomic E-state index is 0.235. The lowest BCUT2D eigenvalue weighted by Gasteiger charge is -2.27. The minimum atomic E-state index is -0.307. The lowest BCUT2D eigenvalue weighted by atomic mass is 9.96. The standard InChI is InChI=1S/C28H25N3O4S3/c1-2-29-26(34)24(38-28(29)36)27-30(15-35-16-32)25(33)23(37-27)14-17-11-12-22-20(13-17)19-9-6-10-21(19)31(22)18-7-4-3-5-8-18/h3-5,7-8,11-14,16,19,21H,2,6,9-10,15H2,1H3. The molecule has 1 aromatic heterocycles. The topological polar surface area (TPSA) is 71.8 Å². The second-order valence-electron chi connectivity index (χ2n) is 9.42. The molecule has 2 aromatic carbocycles. The summed E-state index contributed by atoms with van der Waals surface area (Å²) in [5.41, 5.74) is 4.36. The summed E-state index contributed by atoms with van der Waals surface area (Å²) in [4.78, 5) is 41.6. The molecule has 2 aliphatic heterocycles. The number of hydrogen-bond donors (Lipinski definition) is 0. The Balaban J connectivity index is 1.46. The lowest BCUT2D eigenvalue weighted by Crippen LogP contribution is -2.34. The van der Waals surface area contributed by atoms with Gasteiger partial charge in [0.15, 0.2) is 6.73 Å². The van der Waals surface area contributed by atoms with Crippen molar-refractivity contribution in [3.63, 3.8) is 0 Å². The van der Waals surface area contributed by atoms with Crippen molar-refractivity contribution in [3.8, 4) is 0 Å². The normalized spacial score (nSPS) is 22.3. The minimum Gasteiger partial charge on any atom is -0.446 e.